The molecule has 4 unspecified atom stereocenters. The molecule has 1 nitrogen and oxygen atoms in total. The molecule has 0 saturated heterocycles. The van der Waals surface area contributed by atoms with Crippen molar-refractivity contribution in [3.63, 3.8) is 0 Å². The first-order chi connectivity index (χ1) is 9.88. The number of hydrogen-bond acceptors (Lipinski definition) is 2. The Balaban J connectivity index is 1.56. The third-order valence-corrected chi connectivity index (χ3v) is 6.13. The van der Waals surface area contributed by atoms with Crippen molar-refractivity contribution in [1.29, 1.82) is 0 Å². The van der Waals surface area contributed by atoms with Crippen LogP contribution in [0.2, 0.25) is 0 Å². The number of benzene rings is 1. The first-order valence-corrected chi connectivity index (χ1v) is 8.54. The van der Waals surface area contributed by atoms with Crippen LogP contribution in [0.5, 0.6) is 0 Å². The Morgan fingerprint density at radius 2 is 2.15 bits per heavy atom. The molecule has 2 heteroatoms. The molecule has 0 amide bonds. The topological polar surface area (TPSA) is 12.0 Å². The van der Waals surface area contributed by atoms with Crippen molar-refractivity contribution in [3.8, 4) is 0 Å². The van der Waals surface area contributed by atoms with Gasteiger partial charge in [-0.15, -0.1) is 11.3 Å². The van der Waals surface area contributed by atoms with Gasteiger partial charge in [0.05, 0.1) is 0 Å². The van der Waals surface area contributed by atoms with Crippen LogP contribution in [0.3, 0.4) is 0 Å². The van der Waals surface area contributed by atoms with Crippen molar-refractivity contribution in [1.82, 2.24) is 5.32 Å². The van der Waals surface area contributed by atoms with E-state index in [-0.39, 0.29) is 0 Å². The second-order valence-corrected chi connectivity index (χ2v) is 7.22. The third kappa shape index (κ3) is 2.02. The number of aryl methyl sites for hydroxylation is 1. The van der Waals surface area contributed by atoms with E-state index in [9.17, 15) is 0 Å². The van der Waals surface area contributed by atoms with Crippen molar-refractivity contribution in [2.75, 3.05) is 7.05 Å². The second-order valence-electron chi connectivity index (χ2n) is 6.18. The number of hydrogen-bond donors (Lipinski definition) is 1. The van der Waals surface area contributed by atoms with Crippen LogP contribution in [0.1, 0.15) is 28.3 Å². The summed E-state index contributed by atoms with van der Waals surface area (Å²) in [5, 5.41) is 5.79. The molecule has 0 bridgehead atoms. The Morgan fingerprint density at radius 3 is 2.95 bits per heavy atom. The maximum absolute atomic E-state index is 3.60. The smallest absolute Gasteiger partial charge is 0.0149 e. The summed E-state index contributed by atoms with van der Waals surface area (Å²) < 4.78 is 0. The molecule has 104 valence electrons. The molecule has 2 aromatic rings. The van der Waals surface area contributed by atoms with Gasteiger partial charge in [0, 0.05) is 10.9 Å². The van der Waals surface area contributed by atoms with E-state index in [2.05, 4.69) is 54.1 Å². The molecule has 4 rings (SSSR count). The molecule has 4 atom stereocenters. The molecule has 0 radical (unpaired) electrons. The van der Waals surface area contributed by atoms with E-state index in [4.69, 9.17) is 0 Å². The number of rotatable bonds is 4. The van der Waals surface area contributed by atoms with Gasteiger partial charge in [-0.3, -0.25) is 0 Å². The first-order valence-electron chi connectivity index (χ1n) is 7.66. The fraction of sp³-hybridized carbons (Fsp3) is 0.444. The Morgan fingerprint density at radius 1 is 1.25 bits per heavy atom. The molecule has 2 aliphatic rings. The second kappa shape index (κ2) is 5.01. The lowest BCUT2D eigenvalue weighted by Gasteiger charge is -2.16. The summed E-state index contributed by atoms with van der Waals surface area (Å²) >= 11 is 1.89. The fourth-order valence-electron chi connectivity index (χ4n) is 4.24. The van der Waals surface area contributed by atoms with Crippen LogP contribution in [-0.2, 0) is 12.8 Å². The fourth-order valence-corrected chi connectivity index (χ4v) is 5.01. The average Bonchev–Trinajstić information content (AvgIpc) is 3.00. The predicted molar refractivity (Wildman–Crippen MR) is 85.4 cm³/mol. The number of likely N-dealkylation sites (N-methyl/N-ethyl adjacent to an activating group) is 1. The number of thiophene rings is 1. The Kier molecular flexibility index (Phi) is 3.16. The minimum absolute atomic E-state index is 0.634. The van der Waals surface area contributed by atoms with Gasteiger partial charge in [-0.25, -0.2) is 0 Å². The monoisotopic (exact) mass is 283 g/mol. The lowest BCUT2D eigenvalue weighted by Crippen LogP contribution is -2.30. The summed E-state index contributed by atoms with van der Waals surface area (Å²) in [5.41, 5.74) is 3.24. The summed E-state index contributed by atoms with van der Waals surface area (Å²) in [5.74, 6) is 2.57. The van der Waals surface area contributed by atoms with Crippen molar-refractivity contribution >= 4 is 11.3 Å². The van der Waals surface area contributed by atoms with Gasteiger partial charge < -0.3 is 5.32 Å². The molecule has 0 spiro atoms. The normalized spacial score (nSPS) is 28.6. The standard InChI is InChI=1S/C18H21NS/c1-19-16(11-13-6-4-10-20-13)18-15-9-8-12-5-2-3-7-14(12)17(15)18/h2-7,10,15-19H,8-9,11H2,1H3. The maximum Gasteiger partial charge on any atom is 0.0149 e. The van der Waals surface area contributed by atoms with Crippen molar-refractivity contribution in [3.05, 3.63) is 57.8 Å². The molecule has 2 aliphatic carbocycles. The highest BCUT2D eigenvalue weighted by Gasteiger charge is 2.55. The zero-order valence-electron chi connectivity index (χ0n) is 11.9. The molecule has 1 fully saturated rings. The van der Waals surface area contributed by atoms with E-state index in [0.29, 0.717) is 6.04 Å². The van der Waals surface area contributed by atoms with Crippen molar-refractivity contribution in [2.45, 2.75) is 31.2 Å². The number of fused-ring (bicyclic) bond motifs is 3. The van der Waals surface area contributed by atoms with Crippen LogP contribution in [0, 0.1) is 11.8 Å². The highest BCUT2D eigenvalue weighted by Crippen LogP contribution is 2.61. The first kappa shape index (κ1) is 12.6. The summed E-state index contributed by atoms with van der Waals surface area (Å²) in [6.45, 7) is 0. The zero-order chi connectivity index (χ0) is 13.5. The highest BCUT2D eigenvalue weighted by atomic mass is 32.1. The summed E-state index contributed by atoms with van der Waals surface area (Å²) in [6.07, 6.45) is 3.85. The zero-order valence-corrected chi connectivity index (χ0v) is 12.7. The molecule has 20 heavy (non-hydrogen) atoms. The van der Waals surface area contributed by atoms with Crippen LogP contribution in [0.4, 0.5) is 0 Å². The molecule has 1 aromatic carbocycles. The Labute approximate surface area is 125 Å². The number of nitrogens with one attached hydrogen (secondary N) is 1. The molecule has 0 aliphatic heterocycles. The SMILES string of the molecule is CNC(Cc1cccs1)C1C2CCc3ccccc3C21. The Hall–Kier alpha value is -1.12. The van der Waals surface area contributed by atoms with Gasteiger partial charge >= 0.3 is 0 Å². The van der Waals surface area contributed by atoms with Gasteiger partial charge in [0.15, 0.2) is 0 Å². The summed E-state index contributed by atoms with van der Waals surface area (Å²) in [6, 6.07) is 14.2. The molecule has 1 saturated carbocycles. The maximum atomic E-state index is 3.60. The van der Waals surface area contributed by atoms with E-state index >= 15 is 0 Å². The third-order valence-electron chi connectivity index (χ3n) is 5.23. The molecular weight excluding hydrogens is 262 g/mol. The van der Waals surface area contributed by atoms with Crippen LogP contribution < -0.4 is 5.32 Å². The van der Waals surface area contributed by atoms with Gasteiger partial charge in [0.1, 0.15) is 0 Å². The van der Waals surface area contributed by atoms with Crippen LogP contribution in [-0.4, -0.2) is 13.1 Å². The molecular formula is C18H21NS. The van der Waals surface area contributed by atoms with Crippen LogP contribution >= 0.6 is 11.3 Å². The van der Waals surface area contributed by atoms with Crippen molar-refractivity contribution in [2.24, 2.45) is 11.8 Å². The van der Waals surface area contributed by atoms with E-state index in [0.717, 1.165) is 17.8 Å². The minimum Gasteiger partial charge on any atom is -0.316 e. The lowest BCUT2D eigenvalue weighted by atomic mass is 9.92. The highest BCUT2D eigenvalue weighted by molar-refractivity contribution is 7.09. The average molecular weight is 283 g/mol. The largest absolute Gasteiger partial charge is 0.316 e. The van der Waals surface area contributed by atoms with E-state index in [1.165, 1.54) is 24.1 Å². The van der Waals surface area contributed by atoms with E-state index < -0.39 is 0 Å². The van der Waals surface area contributed by atoms with Gasteiger partial charge in [-0.05, 0) is 66.6 Å². The summed E-state index contributed by atoms with van der Waals surface area (Å²) in [7, 11) is 2.13. The van der Waals surface area contributed by atoms with Gasteiger partial charge in [-0.2, -0.15) is 0 Å². The van der Waals surface area contributed by atoms with Crippen LogP contribution in [0.15, 0.2) is 41.8 Å². The minimum atomic E-state index is 0.634. The van der Waals surface area contributed by atoms with Gasteiger partial charge in [-0.1, -0.05) is 30.3 Å². The van der Waals surface area contributed by atoms with E-state index in [1.807, 2.05) is 11.3 Å². The predicted octanol–water partition coefficient (Wildman–Crippen LogP) is 3.85. The van der Waals surface area contributed by atoms with E-state index in [1.54, 1.807) is 11.1 Å². The summed E-state index contributed by atoms with van der Waals surface area (Å²) in [4.78, 5) is 1.52. The van der Waals surface area contributed by atoms with Gasteiger partial charge in [0.25, 0.3) is 0 Å². The molecule has 1 aromatic heterocycles. The van der Waals surface area contributed by atoms with Gasteiger partial charge in [0.2, 0.25) is 0 Å². The van der Waals surface area contributed by atoms with Crippen LogP contribution in [0.25, 0.3) is 0 Å². The lowest BCUT2D eigenvalue weighted by molar-refractivity contribution is 0.466. The van der Waals surface area contributed by atoms with Crippen molar-refractivity contribution < 1.29 is 0 Å². The Bertz CT molecular complexity index is 589. The quantitative estimate of drug-likeness (QED) is 0.898. The molecule has 1 N–H and O–H groups in total. The molecule has 1 heterocycles.